The summed E-state index contributed by atoms with van der Waals surface area (Å²) in [6.45, 7) is 2.42. The number of carboxylic acid groups (broad SMARTS) is 1. The van der Waals surface area contributed by atoms with Gasteiger partial charge in [-0.25, -0.2) is 4.98 Å². The molecule has 0 aliphatic heterocycles. The highest BCUT2D eigenvalue weighted by molar-refractivity contribution is 6.30. The lowest BCUT2D eigenvalue weighted by Gasteiger charge is -1.99. The van der Waals surface area contributed by atoms with Crippen molar-refractivity contribution in [2.45, 2.75) is 32.7 Å². The average molecular weight is 246 g/mol. The summed E-state index contributed by atoms with van der Waals surface area (Å²) in [5.74, 6) is -0.0270. The van der Waals surface area contributed by atoms with Crippen LogP contribution in [0.15, 0.2) is 0 Å². The van der Waals surface area contributed by atoms with Crippen LogP contribution in [0.25, 0.3) is 0 Å². The molecule has 90 valence electrons. The molecule has 16 heavy (non-hydrogen) atoms. The highest BCUT2D eigenvalue weighted by atomic mass is 35.5. The van der Waals surface area contributed by atoms with Crippen LogP contribution in [0, 0.1) is 0 Å². The van der Waals surface area contributed by atoms with Crippen LogP contribution in [0.4, 0.5) is 0 Å². The third-order valence-electron chi connectivity index (χ3n) is 2.12. The number of aryl methyl sites for hydroxylation is 1. The lowest BCUT2D eigenvalue weighted by atomic mass is 10.2. The summed E-state index contributed by atoms with van der Waals surface area (Å²) in [6, 6.07) is 0. The summed E-state index contributed by atoms with van der Waals surface area (Å²) in [6.07, 6.45) is 3.03. The molecule has 3 N–H and O–H groups in total. The molecular weight excluding hydrogens is 230 g/mol. The average Bonchev–Trinajstić information content (AvgIpc) is 2.56. The minimum Gasteiger partial charge on any atom is -0.480 e. The molecule has 0 unspecified atom stereocenters. The molecule has 0 amide bonds. The molecule has 0 aliphatic carbocycles. The van der Waals surface area contributed by atoms with Gasteiger partial charge in [0.2, 0.25) is 0 Å². The van der Waals surface area contributed by atoms with Crippen molar-refractivity contribution >= 4 is 17.6 Å². The SMILES string of the molecule is CCCCc1nc(Cl)c(CNCC(=O)O)[nH]1. The van der Waals surface area contributed by atoms with Gasteiger partial charge >= 0.3 is 5.97 Å². The molecule has 1 heterocycles. The van der Waals surface area contributed by atoms with Crippen molar-refractivity contribution in [3.05, 3.63) is 16.7 Å². The largest absolute Gasteiger partial charge is 0.480 e. The van der Waals surface area contributed by atoms with E-state index in [-0.39, 0.29) is 6.54 Å². The summed E-state index contributed by atoms with van der Waals surface area (Å²) in [7, 11) is 0. The molecule has 6 heteroatoms. The molecule has 0 bridgehead atoms. The molecule has 0 spiro atoms. The molecule has 0 fully saturated rings. The van der Waals surface area contributed by atoms with Crippen molar-refractivity contribution in [1.82, 2.24) is 15.3 Å². The van der Waals surface area contributed by atoms with Crippen molar-refractivity contribution in [3.8, 4) is 0 Å². The Morgan fingerprint density at radius 2 is 2.38 bits per heavy atom. The van der Waals surface area contributed by atoms with Crippen LogP contribution in [0.2, 0.25) is 5.15 Å². The number of carbonyl (C=O) groups is 1. The van der Waals surface area contributed by atoms with Gasteiger partial charge in [0.25, 0.3) is 0 Å². The number of imidazole rings is 1. The summed E-state index contributed by atoms with van der Waals surface area (Å²) in [4.78, 5) is 17.6. The Hall–Kier alpha value is -1.07. The Balaban J connectivity index is 2.46. The molecule has 0 atom stereocenters. The Kier molecular flexibility index (Phi) is 5.28. The van der Waals surface area contributed by atoms with Gasteiger partial charge in [-0.3, -0.25) is 4.79 Å². The lowest BCUT2D eigenvalue weighted by Crippen LogP contribution is -2.22. The number of nitrogens with zero attached hydrogens (tertiary/aromatic N) is 1. The molecule has 1 aromatic rings. The number of aromatic nitrogens is 2. The van der Waals surface area contributed by atoms with Crippen LogP contribution in [0.3, 0.4) is 0 Å². The molecule has 1 rings (SSSR count). The second-order valence-electron chi connectivity index (χ2n) is 3.55. The van der Waals surface area contributed by atoms with Crippen molar-refractivity contribution in [2.24, 2.45) is 0 Å². The molecule has 0 radical (unpaired) electrons. The maximum absolute atomic E-state index is 10.3. The first-order valence-electron chi connectivity index (χ1n) is 5.29. The fourth-order valence-electron chi connectivity index (χ4n) is 1.31. The van der Waals surface area contributed by atoms with Gasteiger partial charge in [-0.15, -0.1) is 0 Å². The van der Waals surface area contributed by atoms with Crippen LogP contribution in [0.5, 0.6) is 0 Å². The first-order chi connectivity index (χ1) is 7.63. The summed E-state index contributed by atoms with van der Waals surface area (Å²) < 4.78 is 0. The maximum Gasteiger partial charge on any atom is 0.317 e. The van der Waals surface area contributed by atoms with Crippen LogP contribution in [-0.2, 0) is 17.8 Å². The van der Waals surface area contributed by atoms with Crippen molar-refractivity contribution < 1.29 is 9.90 Å². The van der Waals surface area contributed by atoms with Crippen molar-refractivity contribution in [3.63, 3.8) is 0 Å². The van der Waals surface area contributed by atoms with E-state index in [1.807, 2.05) is 0 Å². The Morgan fingerprint density at radius 1 is 1.62 bits per heavy atom. The number of aromatic amines is 1. The Bertz CT molecular complexity index is 352. The minimum absolute atomic E-state index is 0.0837. The Labute approximate surface area is 99.2 Å². The standard InChI is InChI=1S/C10H16ClN3O2/c1-2-3-4-8-13-7(10(11)14-8)5-12-6-9(15)16/h12H,2-6H2,1H3,(H,13,14)(H,15,16). The minimum atomic E-state index is -0.887. The van der Waals surface area contributed by atoms with Crippen LogP contribution >= 0.6 is 11.6 Å². The quantitative estimate of drug-likeness (QED) is 0.682. The predicted molar refractivity (Wildman–Crippen MR) is 61.6 cm³/mol. The molecule has 0 aliphatic rings. The molecule has 0 saturated heterocycles. The lowest BCUT2D eigenvalue weighted by molar-refractivity contribution is -0.135. The van der Waals surface area contributed by atoms with E-state index in [1.54, 1.807) is 0 Å². The van der Waals surface area contributed by atoms with Gasteiger partial charge in [0.1, 0.15) is 5.82 Å². The fourth-order valence-corrected chi connectivity index (χ4v) is 1.53. The van der Waals surface area contributed by atoms with E-state index >= 15 is 0 Å². The summed E-state index contributed by atoms with van der Waals surface area (Å²) in [5.41, 5.74) is 0.744. The van der Waals surface area contributed by atoms with E-state index in [0.29, 0.717) is 11.7 Å². The van der Waals surface area contributed by atoms with E-state index in [0.717, 1.165) is 30.8 Å². The normalized spacial score (nSPS) is 10.6. The second-order valence-corrected chi connectivity index (χ2v) is 3.91. The summed E-state index contributed by atoms with van der Waals surface area (Å²) in [5, 5.41) is 11.6. The number of hydrogen-bond donors (Lipinski definition) is 3. The third-order valence-corrected chi connectivity index (χ3v) is 2.44. The zero-order valence-electron chi connectivity index (χ0n) is 9.22. The topological polar surface area (TPSA) is 78.0 Å². The van der Waals surface area contributed by atoms with Gasteiger partial charge in [-0.2, -0.15) is 0 Å². The van der Waals surface area contributed by atoms with E-state index in [1.165, 1.54) is 0 Å². The first kappa shape index (κ1) is 13.0. The number of carboxylic acids is 1. The number of nitrogens with one attached hydrogen (secondary N) is 2. The molecule has 5 nitrogen and oxygen atoms in total. The monoisotopic (exact) mass is 245 g/mol. The number of rotatable bonds is 7. The zero-order valence-corrected chi connectivity index (χ0v) is 9.97. The number of halogens is 1. The number of hydrogen-bond acceptors (Lipinski definition) is 3. The molecule has 0 saturated carbocycles. The fraction of sp³-hybridized carbons (Fsp3) is 0.600. The number of H-pyrrole nitrogens is 1. The van der Waals surface area contributed by atoms with E-state index in [4.69, 9.17) is 16.7 Å². The maximum atomic E-state index is 10.3. The molecule has 1 aromatic heterocycles. The van der Waals surface area contributed by atoms with Gasteiger partial charge in [0, 0.05) is 13.0 Å². The summed E-state index contributed by atoms with van der Waals surface area (Å²) >= 11 is 5.91. The van der Waals surface area contributed by atoms with E-state index in [9.17, 15) is 4.79 Å². The molecule has 0 aromatic carbocycles. The van der Waals surface area contributed by atoms with Crippen molar-refractivity contribution in [2.75, 3.05) is 6.54 Å². The van der Waals surface area contributed by atoms with Crippen molar-refractivity contribution in [1.29, 1.82) is 0 Å². The third kappa shape index (κ3) is 4.20. The molecular formula is C10H16ClN3O2. The highest BCUT2D eigenvalue weighted by Gasteiger charge is 2.07. The van der Waals surface area contributed by atoms with Gasteiger partial charge in [0.15, 0.2) is 5.15 Å². The van der Waals surface area contributed by atoms with Gasteiger partial charge in [0.05, 0.1) is 12.2 Å². The second kappa shape index (κ2) is 6.50. The van der Waals surface area contributed by atoms with Crippen LogP contribution < -0.4 is 5.32 Å². The smallest absolute Gasteiger partial charge is 0.317 e. The first-order valence-corrected chi connectivity index (χ1v) is 5.67. The predicted octanol–water partition coefficient (Wildman–Crippen LogP) is 1.58. The van der Waals surface area contributed by atoms with Gasteiger partial charge < -0.3 is 15.4 Å². The van der Waals surface area contributed by atoms with Crippen LogP contribution in [-0.4, -0.2) is 27.6 Å². The van der Waals surface area contributed by atoms with Gasteiger partial charge in [-0.05, 0) is 6.42 Å². The van der Waals surface area contributed by atoms with E-state index in [2.05, 4.69) is 22.2 Å². The van der Waals surface area contributed by atoms with Crippen LogP contribution in [0.1, 0.15) is 31.3 Å². The van der Waals surface area contributed by atoms with E-state index < -0.39 is 5.97 Å². The Morgan fingerprint density at radius 3 is 3.00 bits per heavy atom. The number of aliphatic carboxylic acids is 1. The zero-order chi connectivity index (χ0) is 12.0. The number of unbranched alkanes of at least 4 members (excludes halogenated alkanes) is 1. The highest BCUT2D eigenvalue weighted by Crippen LogP contribution is 2.13. The van der Waals surface area contributed by atoms with Gasteiger partial charge in [-0.1, -0.05) is 24.9 Å².